The van der Waals surface area contributed by atoms with Gasteiger partial charge in [-0.3, -0.25) is 4.79 Å². The SMILES string of the molecule is O=C(NCCCSc1ccccc1)c1cc(Cl)ccc1Cl. The molecule has 2 aromatic rings. The Labute approximate surface area is 138 Å². The first-order valence-corrected chi connectivity index (χ1v) is 8.32. The fraction of sp³-hybridized carbons (Fsp3) is 0.188. The second-order valence-corrected chi connectivity index (χ2v) is 6.41. The highest BCUT2D eigenvalue weighted by atomic mass is 35.5. The molecule has 110 valence electrons. The van der Waals surface area contributed by atoms with Gasteiger partial charge in [-0.25, -0.2) is 0 Å². The zero-order chi connectivity index (χ0) is 15.1. The minimum absolute atomic E-state index is 0.188. The molecule has 1 N–H and O–H groups in total. The third kappa shape index (κ3) is 5.27. The average molecular weight is 340 g/mol. The summed E-state index contributed by atoms with van der Waals surface area (Å²) in [6, 6.07) is 15.1. The third-order valence-corrected chi connectivity index (χ3v) is 4.45. The zero-order valence-electron chi connectivity index (χ0n) is 11.3. The molecule has 0 bridgehead atoms. The number of hydrogen-bond acceptors (Lipinski definition) is 2. The summed E-state index contributed by atoms with van der Waals surface area (Å²) in [5.41, 5.74) is 0.417. The number of amides is 1. The van der Waals surface area contributed by atoms with E-state index in [1.54, 1.807) is 30.0 Å². The van der Waals surface area contributed by atoms with Gasteiger partial charge in [-0.15, -0.1) is 11.8 Å². The van der Waals surface area contributed by atoms with E-state index in [-0.39, 0.29) is 5.91 Å². The van der Waals surface area contributed by atoms with E-state index in [4.69, 9.17) is 23.2 Å². The molecule has 0 unspecified atom stereocenters. The molecule has 0 saturated carbocycles. The minimum Gasteiger partial charge on any atom is -0.352 e. The topological polar surface area (TPSA) is 29.1 Å². The summed E-state index contributed by atoms with van der Waals surface area (Å²) in [5.74, 6) is 0.764. The first-order chi connectivity index (χ1) is 10.2. The van der Waals surface area contributed by atoms with Gasteiger partial charge < -0.3 is 5.32 Å². The summed E-state index contributed by atoms with van der Waals surface area (Å²) in [5, 5.41) is 3.77. The molecule has 0 radical (unpaired) electrons. The number of nitrogens with one attached hydrogen (secondary N) is 1. The molecule has 0 spiro atoms. The first kappa shape index (κ1) is 16.2. The van der Waals surface area contributed by atoms with E-state index in [1.807, 2.05) is 18.2 Å². The largest absolute Gasteiger partial charge is 0.352 e. The summed E-state index contributed by atoms with van der Waals surface area (Å²) in [7, 11) is 0. The molecule has 1 amide bonds. The molecule has 0 heterocycles. The van der Waals surface area contributed by atoms with Crippen molar-refractivity contribution in [1.82, 2.24) is 5.32 Å². The summed E-state index contributed by atoms with van der Waals surface area (Å²) in [6.45, 7) is 0.613. The fourth-order valence-electron chi connectivity index (χ4n) is 1.75. The molecule has 0 atom stereocenters. The van der Waals surface area contributed by atoms with Crippen LogP contribution in [0.5, 0.6) is 0 Å². The second kappa shape index (κ2) is 8.32. The van der Waals surface area contributed by atoms with Gasteiger partial charge in [0.15, 0.2) is 0 Å². The van der Waals surface area contributed by atoms with Gasteiger partial charge in [-0.1, -0.05) is 41.4 Å². The number of halogens is 2. The van der Waals surface area contributed by atoms with Crippen molar-refractivity contribution in [3.05, 3.63) is 64.1 Å². The first-order valence-electron chi connectivity index (χ1n) is 6.58. The summed E-state index contributed by atoms with van der Waals surface area (Å²) in [4.78, 5) is 13.2. The van der Waals surface area contributed by atoms with Crippen LogP contribution in [0.4, 0.5) is 0 Å². The smallest absolute Gasteiger partial charge is 0.252 e. The van der Waals surface area contributed by atoms with E-state index < -0.39 is 0 Å². The molecule has 2 nitrogen and oxygen atoms in total. The van der Waals surface area contributed by atoms with Gasteiger partial charge >= 0.3 is 0 Å². The number of carbonyl (C=O) groups excluding carboxylic acids is 1. The summed E-state index contributed by atoms with van der Waals surface area (Å²) >= 11 is 13.6. The maximum absolute atomic E-state index is 12.0. The fourth-order valence-corrected chi connectivity index (χ4v) is 3.00. The van der Waals surface area contributed by atoms with Crippen molar-refractivity contribution >= 4 is 40.9 Å². The Morgan fingerprint density at radius 3 is 2.62 bits per heavy atom. The number of thioether (sulfide) groups is 1. The van der Waals surface area contributed by atoms with Crippen LogP contribution >= 0.6 is 35.0 Å². The Kier molecular flexibility index (Phi) is 6.43. The second-order valence-electron chi connectivity index (χ2n) is 4.40. The van der Waals surface area contributed by atoms with Gasteiger partial charge in [0.05, 0.1) is 10.6 Å². The lowest BCUT2D eigenvalue weighted by Gasteiger charge is -2.07. The van der Waals surface area contributed by atoms with Gasteiger partial charge in [-0.2, -0.15) is 0 Å². The summed E-state index contributed by atoms with van der Waals surface area (Å²) in [6.07, 6.45) is 0.892. The third-order valence-electron chi connectivity index (χ3n) is 2.79. The van der Waals surface area contributed by atoms with Crippen LogP contribution in [0.25, 0.3) is 0 Å². The molecule has 0 fully saturated rings. The van der Waals surface area contributed by atoms with E-state index in [9.17, 15) is 4.79 Å². The van der Waals surface area contributed by atoms with Crippen molar-refractivity contribution in [3.8, 4) is 0 Å². The molecule has 0 aliphatic rings. The Morgan fingerprint density at radius 1 is 1.10 bits per heavy atom. The highest BCUT2D eigenvalue weighted by Gasteiger charge is 2.10. The molecule has 0 aliphatic heterocycles. The van der Waals surface area contributed by atoms with Crippen LogP contribution in [0.15, 0.2) is 53.4 Å². The van der Waals surface area contributed by atoms with Crippen LogP contribution in [0.1, 0.15) is 16.8 Å². The quantitative estimate of drug-likeness (QED) is 0.598. The minimum atomic E-state index is -0.188. The van der Waals surface area contributed by atoms with Crippen LogP contribution in [0, 0.1) is 0 Å². The van der Waals surface area contributed by atoms with E-state index in [1.165, 1.54) is 4.90 Å². The Bertz CT molecular complexity index is 604. The van der Waals surface area contributed by atoms with Crippen LogP contribution in [-0.4, -0.2) is 18.2 Å². The Balaban J connectivity index is 1.73. The normalized spacial score (nSPS) is 10.4. The predicted octanol–water partition coefficient (Wildman–Crippen LogP) is 4.91. The number of hydrogen-bond donors (Lipinski definition) is 1. The average Bonchev–Trinajstić information content (AvgIpc) is 2.50. The molecule has 0 aromatic heterocycles. The van der Waals surface area contributed by atoms with E-state index in [0.717, 1.165) is 12.2 Å². The predicted molar refractivity (Wildman–Crippen MR) is 90.6 cm³/mol. The maximum Gasteiger partial charge on any atom is 0.252 e. The monoisotopic (exact) mass is 339 g/mol. The molecule has 21 heavy (non-hydrogen) atoms. The lowest BCUT2D eigenvalue weighted by molar-refractivity contribution is 0.0954. The van der Waals surface area contributed by atoms with Gasteiger partial charge in [0.25, 0.3) is 5.91 Å². The van der Waals surface area contributed by atoms with Crippen LogP contribution in [-0.2, 0) is 0 Å². The maximum atomic E-state index is 12.0. The van der Waals surface area contributed by atoms with Crippen molar-refractivity contribution in [2.75, 3.05) is 12.3 Å². The molecule has 2 rings (SSSR count). The molecular formula is C16H15Cl2NOS. The molecule has 0 saturated heterocycles. The number of rotatable bonds is 6. The van der Waals surface area contributed by atoms with Crippen molar-refractivity contribution < 1.29 is 4.79 Å². The Morgan fingerprint density at radius 2 is 1.86 bits per heavy atom. The van der Waals surface area contributed by atoms with Gasteiger partial charge in [-0.05, 0) is 42.5 Å². The van der Waals surface area contributed by atoms with E-state index in [0.29, 0.717) is 22.2 Å². The molecule has 0 aliphatic carbocycles. The number of carbonyl (C=O) groups is 1. The van der Waals surface area contributed by atoms with Crippen molar-refractivity contribution in [2.24, 2.45) is 0 Å². The van der Waals surface area contributed by atoms with Gasteiger partial charge in [0.1, 0.15) is 0 Å². The van der Waals surface area contributed by atoms with Gasteiger partial charge in [0.2, 0.25) is 0 Å². The van der Waals surface area contributed by atoms with Crippen molar-refractivity contribution in [2.45, 2.75) is 11.3 Å². The van der Waals surface area contributed by atoms with Crippen LogP contribution < -0.4 is 5.32 Å². The van der Waals surface area contributed by atoms with Crippen LogP contribution in [0.2, 0.25) is 10.0 Å². The Hall–Kier alpha value is -1.16. The van der Waals surface area contributed by atoms with Gasteiger partial charge in [0, 0.05) is 16.5 Å². The number of benzene rings is 2. The highest BCUT2D eigenvalue weighted by molar-refractivity contribution is 7.99. The lowest BCUT2D eigenvalue weighted by Crippen LogP contribution is -2.25. The zero-order valence-corrected chi connectivity index (χ0v) is 13.6. The van der Waals surface area contributed by atoms with Crippen molar-refractivity contribution in [3.63, 3.8) is 0 Å². The molecule has 5 heteroatoms. The van der Waals surface area contributed by atoms with E-state index >= 15 is 0 Å². The lowest BCUT2D eigenvalue weighted by atomic mass is 10.2. The highest BCUT2D eigenvalue weighted by Crippen LogP contribution is 2.20. The summed E-state index contributed by atoms with van der Waals surface area (Å²) < 4.78 is 0. The van der Waals surface area contributed by atoms with Crippen molar-refractivity contribution in [1.29, 1.82) is 0 Å². The standard InChI is InChI=1S/C16H15Cl2NOS/c17-12-7-8-15(18)14(11-12)16(20)19-9-4-10-21-13-5-2-1-3-6-13/h1-3,5-8,11H,4,9-10H2,(H,19,20). The van der Waals surface area contributed by atoms with E-state index in [2.05, 4.69) is 17.4 Å². The molecular weight excluding hydrogens is 325 g/mol. The molecule has 2 aromatic carbocycles. The van der Waals surface area contributed by atoms with Crippen LogP contribution in [0.3, 0.4) is 0 Å².